The Morgan fingerprint density at radius 2 is 2.00 bits per heavy atom. The number of aliphatic hydroxyl groups excluding tert-OH is 1. The van der Waals surface area contributed by atoms with Crippen molar-refractivity contribution >= 4 is 11.7 Å². The van der Waals surface area contributed by atoms with Crippen LogP contribution in [0.3, 0.4) is 0 Å². The summed E-state index contributed by atoms with van der Waals surface area (Å²) in [5, 5.41) is 13.2. The first-order valence-corrected chi connectivity index (χ1v) is 8.78. The Labute approximate surface area is 152 Å². The molecule has 1 aliphatic rings. The highest BCUT2D eigenvalue weighted by Gasteiger charge is 2.34. The Morgan fingerprint density at radius 3 is 2.62 bits per heavy atom. The maximum Gasteiger partial charge on any atom is 0.269 e. The topological polar surface area (TPSA) is 92.2 Å². The summed E-state index contributed by atoms with van der Waals surface area (Å²) in [6, 6.07) is 8.38. The molecule has 0 radical (unpaired) electrons. The number of hydrogen-bond acceptors (Lipinski definition) is 5. The summed E-state index contributed by atoms with van der Waals surface area (Å²) < 4.78 is 0. The molecule has 0 aliphatic heterocycles. The zero-order chi connectivity index (χ0) is 18.8. The van der Waals surface area contributed by atoms with E-state index >= 15 is 0 Å². The molecular weight excluding hydrogens is 330 g/mol. The van der Waals surface area contributed by atoms with Gasteiger partial charge in [0.05, 0.1) is 11.4 Å². The summed E-state index contributed by atoms with van der Waals surface area (Å²) in [6.07, 6.45) is 0.407. The van der Waals surface area contributed by atoms with Crippen LogP contribution in [0, 0.1) is 18.8 Å². The van der Waals surface area contributed by atoms with Gasteiger partial charge in [-0.25, -0.2) is 4.98 Å². The molecular formula is C20H23N3O3. The van der Waals surface area contributed by atoms with E-state index in [4.69, 9.17) is 0 Å². The normalized spacial score (nSPS) is 19.7. The number of amides is 1. The predicted octanol–water partition coefficient (Wildman–Crippen LogP) is 2.46. The summed E-state index contributed by atoms with van der Waals surface area (Å²) in [7, 11) is 1.50. The van der Waals surface area contributed by atoms with E-state index in [1.807, 2.05) is 13.0 Å². The fourth-order valence-corrected chi connectivity index (χ4v) is 3.00. The average molecular weight is 353 g/mol. The molecule has 3 rings (SSSR count). The zero-order valence-corrected chi connectivity index (χ0v) is 15.2. The Morgan fingerprint density at radius 1 is 1.27 bits per heavy atom. The van der Waals surface area contributed by atoms with Gasteiger partial charge in [0.2, 0.25) is 0 Å². The highest BCUT2D eigenvalue weighted by Crippen LogP contribution is 2.41. The van der Waals surface area contributed by atoms with Crippen LogP contribution in [0.2, 0.25) is 0 Å². The molecule has 3 atom stereocenters. The van der Waals surface area contributed by atoms with Gasteiger partial charge in [-0.1, -0.05) is 13.0 Å². The van der Waals surface area contributed by atoms with Crippen LogP contribution in [0.4, 0.5) is 0 Å². The summed E-state index contributed by atoms with van der Waals surface area (Å²) in [5.74, 6) is 0.550. The van der Waals surface area contributed by atoms with E-state index in [1.165, 1.54) is 13.1 Å². The van der Waals surface area contributed by atoms with Crippen molar-refractivity contribution < 1.29 is 14.7 Å². The van der Waals surface area contributed by atoms with E-state index in [-0.39, 0.29) is 17.2 Å². The van der Waals surface area contributed by atoms with Gasteiger partial charge in [-0.2, -0.15) is 0 Å². The van der Waals surface area contributed by atoms with Crippen molar-refractivity contribution in [2.75, 3.05) is 7.05 Å². The molecule has 2 N–H and O–H groups in total. The molecule has 1 amide bonds. The standard InChI is InChI=1S/C20H23N3O3/c1-11-7-13(11)10-18(24)14-8-16(23-17(9-14)20(26)21-3)19(25)15-6-4-5-12(2)22-15/h4-6,8-9,11,13,19,25H,7,10H2,1-3H3,(H,21,26)/t11-,13?,19?/m0/s1. The number of nitrogens with zero attached hydrogens (tertiary/aromatic N) is 2. The number of hydrogen-bond donors (Lipinski definition) is 2. The van der Waals surface area contributed by atoms with E-state index < -0.39 is 12.0 Å². The van der Waals surface area contributed by atoms with Crippen LogP contribution in [0.15, 0.2) is 30.3 Å². The first-order valence-electron chi connectivity index (χ1n) is 8.78. The van der Waals surface area contributed by atoms with Crippen LogP contribution >= 0.6 is 0 Å². The molecule has 2 aromatic heterocycles. The van der Waals surface area contributed by atoms with E-state index in [2.05, 4.69) is 22.2 Å². The third kappa shape index (κ3) is 3.96. The number of aliphatic hydroxyl groups is 1. The minimum atomic E-state index is -1.11. The van der Waals surface area contributed by atoms with Gasteiger partial charge in [-0.3, -0.25) is 14.6 Å². The lowest BCUT2D eigenvalue weighted by atomic mass is 10.0. The molecule has 0 saturated heterocycles. The Bertz CT molecular complexity index is 850. The lowest BCUT2D eigenvalue weighted by molar-refractivity contribution is 0.0957. The molecule has 2 heterocycles. The second-order valence-corrected chi connectivity index (χ2v) is 6.95. The molecule has 6 nitrogen and oxygen atoms in total. The van der Waals surface area contributed by atoms with Crippen molar-refractivity contribution in [2.24, 2.45) is 11.8 Å². The summed E-state index contributed by atoms with van der Waals surface area (Å²) in [4.78, 5) is 33.2. The summed E-state index contributed by atoms with van der Waals surface area (Å²) in [5.41, 5.74) is 1.96. The Balaban J connectivity index is 1.96. The largest absolute Gasteiger partial charge is 0.380 e. The fourth-order valence-electron chi connectivity index (χ4n) is 3.00. The third-order valence-electron chi connectivity index (χ3n) is 4.82. The molecule has 2 unspecified atom stereocenters. The lowest BCUT2D eigenvalue weighted by Crippen LogP contribution is -2.21. The summed E-state index contributed by atoms with van der Waals surface area (Å²) in [6.45, 7) is 3.95. The molecule has 1 fully saturated rings. The van der Waals surface area contributed by atoms with Crippen molar-refractivity contribution in [1.29, 1.82) is 0 Å². The fraction of sp³-hybridized carbons (Fsp3) is 0.400. The van der Waals surface area contributed by atoms with Gasteiger partial charge in [-0.15, -0.1) is 0 Å². The van der Waals surface area contributed by atoms with Crippen molar-refractivity contribution in [2.45, 2.75) is 32.8 Å². The Hall–Kier alpha value is -2.60. The highest BCUT2D eigenvalue weighted by molar-refractivity contribution is 6.00. The molecule has 136 valence electrons. The second kappa shape index (κ2) is 7.33. The summed E-state index contributed by atoms with van der Waals surface area (Å²) >= 11 is 0. The Kier molecular flexibility index (Phi) is 5.13. The smallest absolute Gasteiger partial charge is 0.269 e. The molecule has 26 heavy (non-hydrogen) atoms. The molecule has 0 aromatic carbocycles. The van der Waals surface area contributed by atoms with Crippen LogP contribution in [0.1, 0.15) is 63.8 Å². The van der Waals surface area contributed by atoms with Gasteiger partial charge in [-0.05, 0) is 49.4 Å². The number of nitrogens with one attached hydrogen (secondary N) is 1. The van der Waals surface area contributed by atoms with Crippen molar-refractivity contribution in [3.05, 3.63) is 58.7 Å². The monoisotopic (exact) mass is 353 g/mol. The van der Waals surface area contributed by atoms with E-state index in [0.29, 0.717) is 29.5 Å². The molecule has 2 aromatic rings. The van der Waals surface area contributed by atoms with Gasteiger partial charge in [0, 0.05) is 24.7 Å². The number of pyridine rings is 2. The molecule has 0 spiro atoms. The second-order valence-electron chi connectivity index (χ2n) is 6.95. The van der Waals surface area contributed by atoms with Crippen LogP contribution in [0.25, 0.3) is 0 Å². The van der Waals surface area contributed by atoms with Crippen LogP contribution in [-0.4, -0.2) is 33.8 Å². The number of aryl methyl sites for hydroxylation is 1. The third-order valence-corrected chi connectivity index (χ3v) is 4.82. The lowest BCUT2D eigenvalue weighted by Gasteiger charge is -2.13. The minimum Gasteiger partial charge on any atom is -0.380 e. The van der Waals surface area contributed by atoms with Gasteiger partial charge in [0.25, 0.3) is 5.91 Å². The number of ketones is 1. The number of rotatable bonds is 6. The zero-order valence-electron chi connectivity index (χ0n) is 15.2. The quantitative estimate of drug-likeness (QED) is 0.778. The predicted molar refractivity (Wildman–Crippen MR) is 96.9 cm³/mol. The molecule has 0 bridgehead atoms. The number of aromatic nitrogens is 2. The van der Waals surface area contributed by atoms with Crippen LogP contribution in [-0.2, 0) is 0 Å². The van der Waals surface area contributed by atoms with Crippen molar-refractivity contribution in [3.63, 3.8) is 0 Å². The SMILES string of the molecule is CNC(=O)c1cc(C(=O)CC2C[C@@H]2C)cc(C(O)c2cccc(C)n2)n1. The first kappa shape index (κ1) is 18.2. The van der Waals surface area contributed by atoms with Crippen molar-refractivity contribution in [1.82, 2.24) is 15.3 Å². The molecule has 6 heteroatoms. The molecule has 1 aliphatic carbocycles. The van der Waals surface area contributed by atoms with E-state index in [9.17, 15) is 14.7 Å². The number of Topliss-reactive ketones (excluding diaryl/α,β-unsaturated/α-hetero) is 1. The van der Waals surface area contributed by atoms with Gasteiger partial charge in [0.1, 0.15) is 11.8 Å². The van der Waals surface area contributed by atoms with Gasteiger partial charge < -0.3 is 10.4 Å². The first-order chi connectivity index (χ1) is 12.4. The van der Waals surface area contributed by atoms with E-state index in [0.717, 1.165) is 12.1 Å². The minimum absolute atomic E-state index is 0.0300. The molecule has 1 saturated carbocycles. The maximum absolute atomic E-state index is 12.6. The van der Waals surface area contributed by atoms with E-state index in [1.54, 1.807) is 18.2 Å². The van der Waals surface area contributed by atoms with Crippen molar-refractivity contribution in [3.8, 4) is 0 Å². The number of carbonyl (C=O) groups is 2. The maximum atomic E-state index is 12.6. The highest BCUT2D eigenvalue weighted by atomic mass is 16.3. The average Bonchev–Trinajstić information content (AvgIpc) is 3.34. The number of carbonyl (C=O) groups excluding carboxylic acids is 2. The van der Waals surface area contributed by atoms with Crippen LogP contribution < -0.4 is 5.32 Å². The van der Waals surface area contributed by atoms with Gasteiger partial charge in [0.15, 0.2) is 5.78 Å². The van der Waals surface area contributed by atoms with Gasteiger partial charge >= 0.3 is 0 Å². The van der Waals surface area contributed by atoms with Crippen LogP contribution in [0.5, 0.6) is 0 Å².